The van der Waals surface area contributed by atoms with E-state index in [-0.39, 0.29) is 34.7 Å². The number of nitrogens with zero attached hydrogens (tertiary/aromatic N) is 2. The molecule has 1 amide bonds. The molecule has 3 aromatic heterocycles. The van der Waals surface area contributed by atoms with Gasteiger partial charge < -0.3 is 14.9 Å². The number of pyridine rings is 2. The van der Waals surface area contributed by atoms with E-state index in [0.29, 0.717) is 37.1 Å². The van der Waals surface area contributed by atoms with Gasteiger partial charge in [-0.25, -0.2) is 9.37 Å². The van der Waals surface area contributed by atoms with Crippen LogP contribution in [0.25, 0.3) is 11.0 Å². The van der Waals surface area contributed by atoms with Crippen LogP contribution in [0.2, 0.25) is 0 Å². The normalized spacial score (nSPS) is 15.5. The molecule has 0 spiro atoms. The Labute approximate surface area is 161 Å². The number of carbonyl (C=O) groups excluding carboxylic acids is 1. The van der Waals surface area contributed by atoms with Crippen molar-refractivity contribution in [3.05, 3.63) is 63.6 Å². The minimum absolute atomic E-state index is 0.0203. The number of amides is 1. The van der Waals surface area contributed by atoms with Crippen molar-refractivity contribution >= 4 is 16.9 Å². The zero-order valence-corrected chi connectivity index (χ0v) is 16.0. The molecule has 1 saturated heterocycles. The molecule has 28 heavy (non-hydrogen) atoms. The van der Waals surface area contributed by atoms with Crippen LogP contribution < -0.4 is 5.56 Å². The second kappa shape index (κ2) is 7.22. The zero-order valence-electron chi connectivity index (χ0n) is 16.0. The number of H-pyrrole nitrogens is 2. The van der Waals surface area contributed by atoms with Gasteiger partial charge in [-0.05, 0) is 42.9 Å². The topological polar surface area (TPSA) is 81.8 Å². The zero-order chi connectivity index (χ0) is 19.8. The molecule has 1 aliphatic heterocycles. The molecule has 2 N–H and O–H groups in total. The number of fused-ring (bicyclic) bond motifs is 1. The number of carbonyl (C=O) groups is 1. The Morgan fingerprint density at radius 3 is 2.68 bits per heavy atom. The van der Waals surface area contributed by atoms with Crippen LogP contribution >= 0.6 is 0 Å². The monoisotopic (exact) mass is 382 g/mol. The Kier molecular flexibility index (Phi) is 4.75. The SMILES string of the molecule is CC(C)c1ccc(C(=O)N2CCC(c3c(F)cnc4[nH]ccc34)CC2)c(=O)[nH]1. The Balaban J connectivity index is 1.51. The van der Waals surface area contributed by atoms with E-state index in [9.17, 15) is 14.0 Å². The summed E-state index contributed by atoms with van der Waals surface area (Å²) in [5, 5.41) is 0.797. The fraction of sp³-hybridized carbons (Fsp3) is 0.381. The average Bonchev–Trinajstić information content (AvgIpc) is 3.16. The van der Waals surface area contributed by atoms with E-state index in [1.165, 1.54) is 6.20 Å². The first-order chi connectivity index (χ1) is 13.5. The van der Waals surface area contributed by atoms with Crippen LogP contribution in [0.15, 0.2) is 35.4 Å². The van der Waals surface area contributed by atoms with Crippen LogP contribution in [-0.4, -0.2) is 38.8 Å². The fourth-order valence-corrected chi connectivity index (χ4v) is 3.95. The first-order valence-corrected chi connectivity index (χ1v) is 9.59. The van der Waals surface area contributed by atoms with Crippen LogP contribution in [0.1, 0.15) is 60.1 Å². The average molecular weight is 382 g/mol. The lowest BCUT2D eigenvalue weighted by Gasteiger charge is -2.32. The standard InChI is InChI=1S/C21H23FN4O2/c1-12(2)17-4-3-15(20(27)25-17)21(28)26-9-6-13(7-10-26)18-14-5-8-23-19(14)24-11-16(18)22/h3-5,8,11-13H,6-7,9-10H2,1-2H3,(H,23,24)(H,25,27). The molecule has 1 aliphatic rings. The number of nitrogens with one attached hydrogen (secondary N) is 2. The van der Waals surface area contributed by atoms with Crippen LogP contribution in [0.4, 0.5) is 4.39 Å². The summed E-state index contributed by atoms with van der Waals surface area (Å²) in [7, 11) is 0. The van der Waals surface area contributed by atoms with Crippen LogP contribution in [0.3, 0.4) is 0 Å². The molecular weight excluding hydrogens is 359 g/mol. The van der Waals surface area contributed by atoms with E-state index in [1.54, 1.807) is 23.2 Å². The Bertz CT molecular complexity index is 1080. The molecule has 4 rings (SSSR count). The van der Waals surface area contributed by atoms with Gasteiger partial charge in [0.1, 0.15) is 17.0 Å². The number of aromatic amines is 2. The Morgan fingerprint density at radius 2 is 2.00 bits per heavy atom. The molecule has 0 aliphatic carbocycles. The fourth-order valence-electron chi connectivity index (χ4n) is 3.95. The summed E-state index contributed by atoms with van der Waals surface area (Å²) in [6.45, 7) is 4.94. The van der Waals surface area contributed by atoms with Gasteiger partial charge in [0.25, 0.3) is 11.5 Å². The first kappa shape index (κ1) is 18.4. The number of rotatable bonds is 3. The number of hydrogen-bond donors (Lipinski definition) is 2. The van der Waals surface area contributed by atoms with E-state index in [0.717, 1.165) is 11.1 Å². The van der Waals surface area contributed by atoms with E-state index in [2.05, 4.69) is 15.0 Å². The van der Waals surface area contributed by atoms with Gasteiger partial charge in [0, 0.05) is 35.9 Å². The van der Waals surface area contributed by atoms with Gasteiger partial charge in [-0.2, -0.15) is 0 Å². The number of aromatic nitrogens is 3. The molecule has 6 nitrogen and oxygen atoms in total. The third kappa shape index (κ3) is 3.21. The van der Waals surface area contributed by atoms with Gasteiger partial charge in [-0.1, -0.05) is 13.8 Å². The molecule has 4 heterocycles. The maximum atomic E-state index is 14.5. The highest BCUT2D eigenvalue weighted by molar-refractivity contribution is 5.94. The summed E-state index contributed by atoms with van der Waals surface area (Å²) in [4.78, 5) is 36.7. The predicted octanol–water partition coefficient (Wildman–Crippen LogP) is 3.53. The van der Waals surface area contributed by atoms with Crippen molar-refractivity contribution in [1.82, 2.24) is 19.9 Å². The smallest absolute Gasteiger partial charge is 0.261 e. The maximum Gasteiger partial charge on any atom is 0.261 e. The van der Waals surface area contributed by atoms with Crippen molar-refractivity contribution in [3.8, 4) is 0 Å². The van der Waals surface area contributed by atoms with Crippen LogP contribution in [0, 0.1) is 5.82 Å². The highest BCUT2D eigenvalue weighted by Crippen LogP contribution is 2.34. The Morgan fingerprint density at radius 1 is 1.25 bits per heavy atom. The maximum absolute atomic E-state index is 14.5. The summed E-state index contributed by atoms with van der Waals surface area (Å²) in [5.74, 6) is -0.366. The van der Waals surface area contributed by atoms with E-state index < -0.39 is 0 Å². The van der Waals surface area contributed by atoms with E-state index in [1.807, 2.05) is 19.9 Å². The molecule has 146 valence electrons. The summed E-state index contributed by atoms with van der Waals surface area (Å²) in [6.07, 6.45) is 4.30. The molecule has 7 heteroatoms. The Hall–Kier alpha value is -2.96. The second-order valence-electron chi connectivity index (χ2n) is 7.64. The lowest BCUT2D eigenvalue weighted by molar-refractivity contribution is 0.0711. The van der Waals surface area contributed by atoms with Gasteiger partial charge in [-0.3, -0.25) is 9.59 Å². The number of hydrogen-bond acceptors (Lipinski definition) is 3. The van der Waals surface area contributed by atoms with Crippen LogP contribution in [0.5, 0.6) is 0 Å². The van der Waals surface area contributed by atoms with Gasteiger partial charge in [0.2, 0.25) is 0 Å². The highest BCUT2D eigenvalue weighted by Gasteiger charge is 2.28. The van der Waals surface area contributed by atoms with E-state index >= 15 is 0 Å². The minimum Gasteiger partial charge on any atom is -0.346 e. The van der Waals surface area contributed by atoms with E-state index in [4.69, 9.17) is 0 Å². The number of halogens is 1. The molecule has 0 aromatic carbocycles. The van der Waals surface area contributed by atoms with Crippen molar-refractivity contribution in [2.24, 2.45) is 0 Å². The molecular formula is C21H23FN4O2. The summed E-state index contributed by atoms with van der Waals surface area (Å²) in [6, 6.07) is 5.24. The number of piperidine rings is 1. The lowest BCUT2D eigenvalue weighted by Crippen LogP contribution is -2.40. The third-order valence-corrected chi connectivity index (χ3v) is 5.55. The molecule has 0 unspecified atom stereocenters. The van der Waals surface area contributed by atoms with Gasteiger partial charge in [0.05, 0.1) is 6.20 Å². The summed E-state index contributed by atoms with van der Waals surface area (Å²) < 4.78 is 14.5. The largest absolute Gasteiger partial charge is 0.346 e. The van der Waals surface area contributed by atoms with Crippen molar-refractivity contribution in [2.45, 2.75) is 38.5 Å². The van der Waals surface area contributed by atoms with Gasteiger partial charge in [-0.15, -0.1) is 0 Å². The quantitative estimate of drug-likeness (QED) is 0.727. The number of likely N-dealkylation sites (tertiary alicyclic amines) is 1. The molecule has 3 aromatic rings. The molecule has 0 bridgehead atoms. The van der Waals surface area contributed by atoms with Crippen molar-refractivity contribution < 1.29 is 9.18 Å². The van der Waals surface area contributed by atoms with Crippen molar-refractivity contribution in [3.63, 3.8) is 0 Å². The molecule has 0 atom stereocenters. The molecule has 0 radical (unpaired) electrons. The summed E-state index contributed by atoms with van der Waals surface area (Å²) >= 11 is 0. The summed E-state index contributed by atoms with van der Waals surface area (Å²) in [5.41, 5.74) is 1.95. The van der Waals surface area contributed by atoms with Gasteiger partial charge in [0.15, 0.2) is 0 Å². The van der Waals surface area contributed by atoms with Crippen molar-refractivity contribution in [2.75, 3.05) is 13.1 Å². The third-order valence-electron chi connectivity index (χ3n) is 5.55. The van der Waals surface area contributed by atoms with Gasteiger partial charge >= 0.3 is 0 Å². The predicted molar refractivity (Wildman–Crippen MR) is 105 cm³/mol. The second-order valence-corrected chi connectivity index (χ2v) is 7.64. The molecule has 0 saturated carbocycles. The first-order valence-electron chi connectivity index (χ1n) is 9.59. The van der Waals surface area contributed by atoms with Crippen LogP contribution in [-0.2, 0) is 0 Å². The molecule has 1 fully saturated rings. The van der Waals surface area contributed by atoms with Crippen molar-refractivity contribution in [1.29, 1.82) is 0 Å². The lowest BCUT2D eigenvalue weighted by atomic mass is 9.87. The minimum atomic E-state index is -0.354. The highest BCUT2D eigenvalue weighted by atomic mass is 19.1.